The van der Waals surface area contributed by atoms with Crippen molar-refractivity contribution in [3.8, 4) is 0 Å². The van der Waals surface area contributed by atoms with E-state index in [1.807, 2.05) is 0 Å². The van der Waals surface area contributed by atoms with Gasteiger partial charge in [0.1, 0.15) is 16.3 Å². The summed E-state index contributed by atoms with van der Waals surface area (Å²) in [6.45, 7) is 5.70. The second kappa shape index (κ2) is 8.67. The molecule has 8 nitrogen and oxygen atoms in total. The third kappa shape index (κ3) is 4.31. The van der Waals surface area contributed by atoms with E-state index in [4.69, 9.17) is 16.3 Å². The molecule has 1 aromatic carbocycles. The van der Waals surface area contributed by atoms with Crippen LogP contribution in [0.1, 0.15) is 18.9 Å². The number of sulfonamides is 1. The highest BCUT2D eigenvalue weighted by Crippen LogP contribution is 2.35. The quantitative estimate of drug-likeness (QED) is 0.698. The van der Waals surface area contributed by atoms with Gasteiger partial charge in [-0.2, -0.15) is 4.72 Å². The number of ether oxygens (including phenoxy) is 1. The summed E-state index contributed by atoms with van der Waals surface area (Å²) in [5.74, 6) is -0.517. The predicted molar refractivity (Wildman–Crippen MR) is 119 cm³/mol. The van der Waals surface area contributed by atoms with Gasteiger partial charge in [-0.15, -0.1) is 11.3 Å². The van der Waals surface area contributed by atoms with Gasteiger partial charge in [0.15, 0.2) is 0 Å². The number of halogens is 1. The molecule has 0 bridgehead atoms. The van der Waals surface area contributed by atoms with Crippen LogP contribution < -0.4 is 4.72 Å². The van der Waals surface area contributed by atoms with Crippen LogP contribution in [-0.2, 0) is 24.3 Å². The Morgan fingerprint density at radius 1 is 1.29 bits per heavy atom. The van der Waals surface area contributed by atoms with Gasteiger partial charge in [0, 0.05) is 29.4 Å². The lowest BCUT2D eigenvalue weighted by molar-refractivity contribution is -0.146. The van der Waals surface area contributed by atoms with Crippen molar-refractivity contribution in [1.82, 2.24) is 14.5 Å². The van der Waals surface area contributed by atoms with Crippen molar-refractivity contribution in [2.45, 2.75) is 36.6 Å². The van der Waals surface area contributed by atoms with E-state index in [2.05, 4.69) is 4.72 Å². The first kappa shape index (κ1) is 22.5. The summed E-state index contributed by atoms with van der Waals surface area (Å²) in [5.41, 5.74) is 0.605. The Bertz CT molecular complexity index is 1130. The average molecular weight is 486 g/mol. The van der Waals surface area contributed by atoms with Gasteiger partial charge in [0.05, 0.1) is 13.2 Å². The number of fused-ring (bicyclic) bond motifs is 1. The molecule has 2 aliphatic rings. The average Bonchev–Trinajstić information content (AvgIpc) is 3.27. The number of benzene rings is 1. The minimum absolute atomic E-state index is 0.141. The van der Waals surface area contributed by atoms with Crippen LogP contribution in [0, 0.1) is 6.92 Å². The highest BCUT2D eigenvalue weighted by molar-refractivity contribution is 7.91. The van der Waals surface area contributed by atoms with Crippen LogP contribution in [-0.4, -0.2) is 75.0 Å². The molecule has 2 amide bonds. The van der Waals surface area contributed by atoms with E-state index in [-0.39, 0.29) is 16.0 Å². The minimum Gasteiger partial charge on any atom is -0.378 e. The number of hydrogen-bond acceptors (Lipinski definition) is 6. The smallest absolute Gasteiger partial charge is 0.251 e. The van der Waals surface area contributed by atoms with E-state index in [0.29, 0.717) is 49.9 Å². The Morgan fingerprint density at radius 2 is 2.00 bits per heavy atom. The number of hydrogen-bond donors (Lipinski definition) is 1. The molecule has 1 aromatic heterocycles. The second-order valence-electron chi connectivity index (χ2n) is 7.76. The van der Waals surface area contributed by atoms with Crippen LogP contribution in [0.4, 0.5) is 0 Å². The molecule has 4 rings (SSSR count). The molecule has 168 valence electrons. The minimum atomic E-state index is -3.91. The van der Waals surface area contributed by atoms with E-state index >= 15 is 0 Å². The fraction of sp³-hybridized carbons (Fsp3) is 0.500. The number of nitrogens with zero attached hydrogens (tertiary/aromatic N) is 2. The Morgan fingerprint density at radius 3 is 2.71 bits per heavy atom. The van der Waals surface area contributed by atoms with Crippen molar-refractivity contribution >= 4 is 54.9 Å². The molecule has 2 aromatic rings. The van der Waals surface area contributed by atoms with Gasteiger partial charge in [0.25, 0.3) is 10.0 Å². The zero-order valence-electron chi connectivity index (χ0n) is 17.3. The van der Waals surface area contributed by atoms with Crippen molar-refractivity contribution < 1.29 is 22.7 Å². The van der Waals surface area contributed by atoms with E-state index in [1.165, 1.54) is 4.90 Å². The standard InChI is InChI=1S/C20H24ClN3O5S2/c1-12-15-11-14(21)3-4-17(15)30-20(12)31(27,28)22-16-5-6-24(19(16)26)13(2)18(25)23-7-9-29-10-8-23/h3-4,11,13,16,22H,5-10H2,1-2H3/t13-,16?/m0/s1. The molecule has 31 heavy (non-hydrogen) atoms. The van der Waals surface area contributed by atoms with Crippen molar-refractivity contribution in [2.75, 3.05) is 32.8 Å². The SMILES string of the molecule is Cc1c(S(=O)(=O)NC2CCN([C@@H](C)C(=O)N3CCOCC3)C2=O)sc2ccc(Cl)cc12. The summed E-state index contributed by atoms with van der Waals surface area (Å²) in [6.07, 6.45) is 0.314. The molecule has 2 saturated heterocycles. The van der Waals surface area contributed by atoms with Gasteiger partial charge >= 0.3 is 0 Å². The summed E-state index contributed by atoms with van der Waals surface area (Å²) in [7, 11) is -3.91. The number of rotatable bonds is 5. The van der Waals surface area contributed by atoms with Crippen LogP contribution in [0.25, 0.3) is 10.1 Å². The van der Waals surface area contributed by atoms with E-state index in [1.54, 1.807) is 36.9 Å². The summed E-state index contributed by atoms with van der Waals surface area (Å²) >= 11 is 7.20. The lowest BCUT2D eigenvalue weighted by Crippen LogP contribution is -2.52. The van der Waals surface area contributed by atoms with Crippen molar-refractivity contribution in [2.24, 2.45) is 0 Å². The van der Waals surface area contributed by atoms with Crippen LogP contribution in [0.15, 0.2) is 22.4 Å². The summed E-state index contributed by atoms with van der Waals surface area (Å²) < 4.78 is 35.0. The van der Waals surface area contributed by atoms with Crippen LogP contribution in [0.5, 0.6) is 0 Å². The van der Waals surface area contributed by atoms with Crippen molar-refractivity contribution in [3.05, 3.63) is 28.8 Å². The summed E-state index contributed by atoms with van der Waals surface area (Å²) in [5, 5.41) is 1.31. The molecular weight excluding hydrogens is 462 g/mol. The topological polar surface area (TPSA) is 96.0 Å². The molecule has 0 aliphatic carbocycles. The van der Waals surface area contributed by atoms with Gasteiger partial charge in [-0.25, -0.2) is 8.42 Å². The number of likely N-dealkylation sites (tertiary alicyclic amines) is 1. The van der Waals surface area contributed by atoms with Gasteiger partial charge in [-0.05, 0) is 49.4 Å². The van der Waals surface area contributed by atoms with Crippen molar-refractivity contribution in [1.29, 1.82) is 0 Å². The molecule has 11 heteroatoms. The first-order chi connectivity index (χ1) is 14.7. The maximum absolute atomic E-state index is 13.1. The maximum Gasteiger partial charge on any atom is 0.251 e. The number of aryl methyl sites for hydroxylation is 1. The molecule has 0 radical (unpaired) electrons. The van der Waals surface area contributed by atoms with E-state index < -0.39 is 22.1 Å². The largest absolute Gasteiger partial charge is 0.378 e. The molecule has 1 N–H and O–H groups in total. The van der Waals surface area contributed by atoms with Gasteiger partial charge in [-0.3, -0.25) is 9.59 Å². The second-order valence-corrected chi connectivity index (χ2v) is 11.2. The maximum atomic E-state index is 13.1. The summed E-state index contributed by atoms with van der Waals surface area (Å²) in [6, 6.07) is 3.71. The van der Waals surface area contributed by atoms with Crippen LogP contribution in [0.2, 0.25) is 5.02 Å². The molecule has 3 heterocycles. The summed E-state index contributed by atoms with van der Waals surface area (Å²) in [4.78, 5) is 28.8. The molecule has 2 fully saturated rings. The Balaban J connectivity index is 1.49. The molecule has 2 aliphatic heterocycles. The molecule has 0 spiro atoms. The molecule has 0 saturated carbocycles. The first-order valence-electron chi connectivity index (χ1n) is 10.1. The Kier molecular flexibility index (Phi) is 6.28. The van der Waals surface area contributed by atoms with Gasteiger partial charge in [-0.1, -0.05) is 11.6 Å². The zero-order valence-corrected chi connectivity index (χ0v) is 19.6. The normalized spacial score (nSPS) is 21.1. The highest BCUT2D eigenvalue weighted by atomic mass is 35.5. The fourth-order valence-corrected chi connectivity index (χ4v) is 7.20. The zero-order chi connectivity index (χ0) is 22.3. The fourth-order valence-electron chi connectivity index (χ4n) is 4.04. The third-order valence-corrected chi connectivity index (χ3v) is 9.38. The number of morpholine rings is 1. The number of carbonyl (C=O) groups excluding carboxylic acids is 2. The lowest BCUT2D eigenvalue weighted by Gasteiger charge is -2.32. The van der Waals surface area contributed by atoms with E-state index in [0.717, 1.165) is 21.4 Å². The van der Waals surface area contributed by atoms with Gasteiger partial charge < -0.3 is 14.5 Å². The molecular formula is C20H24ClN3O5S2. The van der Waals surface area contributed by atoms with E-state index in [9.17, 15) is 18.0 Å². The highest BCUT2D eigenvalue weighted by Gasteiger charge is 2.40. The number of thiophene rings is 1. The van der Waals surface area contributed by atoms with Gasteiger partial charge in [0.2, 0.25) is 11.8 Å². The van der Waals surface area contributed by atoms with Crippen molar-refractivity contribution in [3.63, 3.8) is 0 Å². The van der Waals surface area contributed by atoms with Crippen LogP contribution in [0.3, 0.4) is 0 Å². The number of amides is 2. The monoisotopic (exact) mass is 485 g/mol. The number of carbonyl (C=O) groups is 2. The van der Waals surface area contributed by atoms with Crippen LogP contribution >= 0.6 is 22.9 Å². The Hall–Kier alpha value is -1.72. The Labute approximate surface area is 190 Å². The third-order valence-electron chi connectivity index (χ3n) is 5.78. The predicted octanol–water partition coefficient (Wildman–Crippen LogP) is 1.99. The first-order valence-corrected chi connectivity index (χ1v) is 12.7. The number of nitrogens with one attached hydrogen (secondary N) is 1. The molecule has 2 atom stereocenters. The molecule has 1 unspecified atom stereocenters. The lowest BCUT2D eigenvalue weighted by atomic mass is 10.2.